The number of hydrogen-bond donors (Lipinski definition) is 2. The highest BCUT2D eigenvalue weighted by molar-refractivity contribution is 6.31. The van der Waals surface area contributed by atoms with Crippen LogP contribution in [0.5, 0.6) is 5.75 Å². The number of ether oxygens (including phenoxy) is 1. The van der Waals surface area contributed by atoms with Crippen LogP contribution in [-0.2, 0) is 4.79 Å². The van der Waals surface area contributed by atoms with Gasteiger partial charge in [-0.1, -0.05) is 17.7 Å². The first-order valence-electron chi connectivity index (χ1n) is 8.05. The Morgan fingerprint density at radius 1 is 1.35 bits per heavy atom. The number of rotatable bonds is 7. The summed E-state index contributed by atoms with van der Waals surface area (Å²) in [5.74, 6) is -0.299. The Labute approximate surface area is 156 Å². The predicted octanol–water partition coefficient (Wildman–Crippen LogP) is 3.65. The summed E-state index contributed by atoms with van der Waals surface area (Å²) < 4.78 is 19.1. The van der Waals surface area contributed by atoms with E-state index in [0.29, 0.717) is 29.5 Å². The average molecular weight is 376 g/mol. The molecule has 0 radical (unpaired) electrons. The number of amides is 1. The second-order valence-electron chi connectivity index (χ2n) is 5.66. The van der Waals surface area contributed by atoms with Crippen molar-refractivity contribution in [3.8, 4) is 11.8 Å². The number of hydrogen-bond acceptors (Lipinski definition) is 4. The maximum absolute atomic E-state index is 13.5. The van der Waals surface area contributed by atoms with Crippen molar-refractivity contribution >= 4 is 23.2 Å². The van der Waals surface area contributed by atoms with Crippen LogP contribution in [0.15, 0.2) is 36.4 Å². The van der Waals surface area contributed by atoms with Crippen molar-refractivity contribution in [3.63, 3.8) is 0 Å². The van der Waals surface area contributed by atoms with Crippen molar-refractivity contribution in [2.45, 2.75) is 20.0 Å². The number of nitrogens with one attached hydrogen (secondary N) is 2. The molecule has 0 aliphatic carbocycles. The SMILES string of the molecule is Cc1cc(OC(C)C(=O)NCCNc2cccc(F)c2C#N)ccc1Cl. The molecule has 1 atom stereocenters. The van der Waals surface area contributed by atoms with E-state index in [1.165, 1.54) is 12.1 Å². The topological polar surface area (TPSA) is 74.2 Å². The minimum absolute atomic E-state index is 0.0476. The predicted molar refractivity (Wildman–Crippen MR) is 98.9 cm³/mol. The van der Waals surface area contributed by atoms with Gasteiger partial charge < -0.3 is 15.4 Å². The lowest BCUT2D eigenvalue weighted by Gasteiger charge is -2.16. The lowest BCUT2D eigenvalue weighted by atomic mass is 10.2. The van der Waals surface area contributed by atoms with Crippen LogP contribution in [0, 0.1) is 24.1 Å². The monoisotopic (exact) mass is 375 g/mol. The van der Waals surface area contributed by atoms with Gasteiger partial charge in [-0.3, -0.25) is 4.79 Å². The molecule has 0 aliphatic rings. The van der Waals surface area contributed by atoms with Crippen LogP contribution in [0.1, 0.15) is 18.1 Å². The Bertz CT molecular complexity index is 836. The molecule has 0 saturated carbocycles. The second kappa shape index (κ2) is 9.07. The Balaban J connectivity index is 1.80. The van der Waals surface area contributed by atoms with E-state index in [4.69, 9.17) is 21.6 Å². The molecule has 5 nitrogen and oxygen atoms in total. The molecule has 0 spiro atoms. The number of nitriles is 1. The highest BCUT2D eigenvalue weighted by Crippen LogP contribution is 2.22. The summed E-state index contributed by atoms with van der Waals surface area (Å²) in [5, 5.41) is 15.3. The van der Waals surface area contributed by atoms with Crippen molar-refractivity contribution < 1.29 is 13.9 Å². The molecule has 0 saturated heterocycles. The normalized spacial score (nSPS) is 11.3. The number of halogens is 2. The summed E-state index contributed by atoms with van der Waals surface area (Å²) in [7, 11) is 0. The average Bonchev–Trinajstić information content (AvgIpc) is 2.61. The van der Waals surface area contributed by atoms with E-state index in [0.717, 1.165) is 5.56 Å². The van der Waals surface area contributed by atoms with Gasteiger partial charge in [0.05, 0.1) is 5.69 Å². The number of benzene rings is 2. The van der Waals surface area contributed by atoms with Crippen molar-refractivity contribution in [2.24, 2.45) is 0 Å². The van der Waals surface area contributed by atoms with Gasteiger partial charge in [-0.05, 0) is 49.7 Å². The summed E-state index contributed by atoms with van der Waals surface area (Å²) in [6, 6.07) is 11.3. The second-order valence-corrected chi connectivity index (χ2v) is 6.07. The molecule has 0 fully saturated rings. The zero-order valence-electron chi connectivity index (χ0n) is 14.5. The maximum atomic E-state index is 13.5. The highest BCUT2D eigenvalue weighted by Gasteiger charge is 2.14. The first-order valence-corrected chi connectivity index (χ1v) is 8.43. The van der Waals surface area contributed by atoms with E-state index in [2.05, 4.69) is 10.6 Å². The Morgan fingerprint density at radius 2 is 2.12 bits per heavy atom. The largest absolute Gasteiger partial charge is 0.481 e. The highest BCUT2D eigenvalue weighted by atomic mass is 35.5. The summed E-state index contributed by atoms with van der Waals surface area (Å²) in [4.78, 5) is 12.1. The van der Waals surface area contributed by atoms with Gasteiger partial charge in [0.15, 0.2) is 6.10 Å². The fraction of sp³-hybridized carbons (Fsp3) is 0.263. The minimum atomic E-state index is -0.681. The quantitative estimate of drug-likeness (QED) is 0.724. The minimum Gasteiger partial charge on any atom is -0.481 e. The van der Waals surface area contributed by atoms with Crippen LogP contribution >= 0.6 is 11.6 Å². The van der Waals surface area contributed by atoms with Crippen LogP contribution in [0.25, 0.3) is 0 Å². The molecule has 7 heteroatoms. The molecule has 1 unspecified atom stereocenters. The maximum Gasteiger partial charge on any atom is 0.260 e. The lowest BCUT2D eigenvalue weighted by Crippen LogP contribution is -2.38. The summed E-state index contributed by atoms with van der Waals surface area (Å²) in [6.45, 7) is 4.14. The van der Waals surface area contributed by atoms with Gasteiger partial charge in [0.2, 0.25) is 0 Å². The molecule has 1 amide bonds. The van der Waals surface area contributed by atoms with Gasteiger partial charge in [0, 0.05) is 18.1 Å². The Kier molecular flexibility index (Phi) is 6.81. The van der Waals surface area contributed by atoms with Crippen molar-refractivity contribution in [1.29, 1.82) is 5.26 Å². The summed E-state index contributed by atoms with van der Waals surface area (Å²) in [5.41, 5.74) is 1.21. The molecule has 2 aromatic carbocycles. The van der Waals surface area contributed by atoms with Crippen molar-refractivity contribution in [3.05, 3.63) is 58.4 Å². The van der Waals surface area contributed by atoms with Gasteiger partial charge >= 0.3 is 0 Å². The molecule has 136 valence electrons. The standard InChI is InChI=1S/C19H19ClFN3O2/c1-12-10-14(6-7-16(12)20)26-13(2)19(25)24-9-8-23-18-5-3-4-17(21)15(18)11-22/h3-7,10,13,23H,8-9H2,1-2H3,(H,24,25). The Hall–Kier alpha value is -2.78. The molecule has 0 aromatic heterocycles. The molecule has 0 bridgehead atoms. The molecule has 0 aliphatic heterocycles. The number of carbonyl (C=O) groups excluding carboxylic acids is 1. The van der Waals surface area contributed by atoms with Crippen molar-refractivity contribution in [1.82, 2.24) is 5.32 Å². The van der Waals surface area contributed by atoms with Crippen LogP contribution in [-0.4, -0.2) is 25.1 Å². The van der Waals surface area contributed by atoms with Crippen LogP contribution in [0.2, 0.25) is 5.02 Å². The van der Waals surface area contributed by atoms with Gasteiger partial charge in [0.25, 0.3) is 5.91 Å². The molecule has 26 heavy (non-hydrogen) atoms. The van der Waals surface area contributed by atoms with Gasteiger partial charge in [-0.15, -0.1) is 0 Å². The van der Waals surface area contributed by atoms with E-state index < -0.39 is 11.9 Å². The van der Waals surface area contributed by atoms with Crippen molar-refractivity contribution in [2.75, 3.05) is 18.4 Å². The van der Waals surface area contributed by atoms with Gasteiger partial charge in [-0.25, -0.2) is 4.39 Å². The molecular formula is C19H19ClFN3O2. The number of anilines is 1. The smallest absolute Gasteiger partial charge is 0.260 e. The molecule has 2 aromatic rings. The number of nitrogens with zero attached hydrogens (tertiary/aromatic N) is 1. The van der Waals surface area contributed by atoms with Gasteiger partial charge in [-0.2, -0.15) is 5.26 Å². The number of aryl methyl sites for hydroxylation is 1. The fourth-order valence-corrected chi connectivity index (χ4v) is 2.38. The zero-order valence-corrected chi connectivity index (χ0v) is 15.2. The molecule has 2 rings (SSSR count). The van der Waals surface area contributed by atoms with E-state index in [1.54, 1.807) is 31.2 Å². The fourth-order valence-electron chi connectivity index (χ4n) is 2.26. The van der Waals surface area contributed by atoms with E-state index in [9.17, 15) is 9.18 Å². The van der Waals surface area contributed by atoms with Crippen LogP contribution in [0.4, 0.5) is 10.1 Å². The van der Waals surface area contributed by atoms with Crippen LogP contribution < -0.4 is 15.4 Å². The molecule has 0 heterocycles. The first kappa shape index (κ1) is 19.5. The summed E-state index contributed by atoms with van der Waals surface area (Å²) in [6.07, 6.45) is -0.681. The first-order chi connectivity index (χ1) is 12.4. The third-order valence-electron chi connectivity index (χ3n) is 3.68. The van der Waals surface area contributed by atoms with E-state index in [1.807, 2.05) is 13.0 Å². The zero-order chi connectivity index (χ0) is 19.1. The lowest BCUT2D eigenvalue weighted by molar-refractivity contribution is -0.127. The Morgan fingerprint density at radius 3 is 2.81 bits per heavy atom. The summed E-state index contributed by atoms with van der Waals surface area (Å²) >= 11 is 5.96. The van der Waals surface area contributed by atoms with E-state index in [-0.39, 0.29) is 11.5 Å². The van der Waals surface area contributed by atoms with Crippen LogP contribution in [0.3, 0.4) is 0 Å². The third-order valence-corrected chi connectivity index (χ3v) is 4.10. The van der Waals surface area contributed by atoms with E-state index >= 15 is 0 Å². The molecule has 2 N–H and O–H groups in total. The van der Waals surface area contributed by atoms with Gasteiger partial charge in [0.1, 0.15) is 23.2 Å². The number of carbonyl (C=O) groups is 1. The molecular weight excluding hydrogens is 357 g/mol. The third kappa shape index (κ3) is 5.11.